The molecule has 0 aliphatic carbocycles. The normalized spacial score (nSPS) is 11.2. The van der Waals surface area contributed by atoms with Crippen LogP contribution < -0.4 is 4.90 Å². The number of rotatable bonds is 10. The summed E-state index contributed by atoms with van der Waals surface area (Å²) in [6.45, 7) is 8.71. The Morgan fingerprint density at radius 1 is 0.459 bits per heavy atom. The zero-order valence-electron chi connectivity index (χ0n) is 33.9. The summed E-state index contributed by atoms with van der Waals surface area (Å²) >= 11 is 0. The first-order chi connectivity index (χ1) is 30.1. The summed E-state index contributed by atoms with van der Waals surface area (Å²) in [6.07, 6.45) is 4.88. The van der Waals surface area contributed by atoms with Gasteiger partial charge in [-0.2, -0.15) is 0 Å². The highest BCUT2D eigenvalue weighted by molar-refractivity contribution is 6.16. The summed E-state index contributed by atoms with van der Waals surface area (Å²) in [5.41, 5.74) is 17.1. The summed E-state index contributed by atoms with van der Waals surface area (Å²) in [4.78, 5) is 14.1. The molecule has 290 valence electrons. The number of aromatic nitrogens is 1. The van der Waals surface area contributed by atoms with Crippen molar-refractivity contribution in [3.8, 4) is 50.2 Å². The van der Waals surface area contributed by atoms with Crippen molar-refractivity contribution in [3.05, 3.63) is 224 Å². The van der Waals surface area contributed by atoms with E-state index in [9.17, 15) is 4.79 Å². The smallest absolute Gasteiger partial charge is 0.150 e. The molecule has 9 aromatic carbocycles. The first-order valence-corrected chi connectivity index (χ1v) is 20.6. The number of fused-ring (bicyclic) bond motifs is 4. The standard InChI is InChI=1S/C58H42N2O/c1-4-45-46(5-2)57(41-34-36-43(37-35-41)59(3)53-27-15-13-22-49(53)47-21-10-9-18-42(47)38-61)51-24-12-11-23-50(51)56(45)40-32-30-39(31-33-40)48-26-17-29-55-58(48)52-25-14-16-28-54(52)60(55)44-19-7-6-8-20-44/h4-38H,1-2H2,3H3. The Labute approximate surface area is 356 Å². The van der Waals surface area contributed by atoms with E-state index >= 15 is 0 Å². The minimum atomic E-state index is 0.668. The van der Waals surface area contributed by atoms with Crippen molar-refractivity contribution >= 4 is 62.4 Å². The van der Waals surface area contributed by atoms with Crippen LogP contribution in [0.25, 0.3) is 94.9 Å². The molecule has 0 aliphatic rings. The van der Waals surface area contributed by atoms with Gasteiger partial charge in [-0.15, -0.1) is 0 Å². The third-order valence-electron chi connectivity index (χ3n) is 12.1. The molecule has 0 aliphatic heterocycles. The molecule has 0 fully saturated rings. The zero-order chi connectivity index (χ0) is 41.5. The van der Waals surface area contributed by atoms with Gasteiger partial charge in [0.15, 0.2) is 6.29 Å². The summed E-state index contributed by atoms with van der Waals surface area (Å²) in [5, 5.41) is 4.78. The minimum absolute atomic E-state index is 0.668. The second-order valence-corrected chi connectivity index (χ2v) is 15.3. The highest BCUT2D eigenvalue weighted by atomic mass is 16.1. The molecule has 3 nitrogen and oxygen atoms in total. The molecule has 1 heterocycles. The second kappa shape index (κ2) is 15.6. The molecular formula is C58H42N2O. The van der Waals surface area contributed by atoms with Gasteiger partial charge in [-0.25, -0.2) is 0 Å². The van der Waals surface area contributed by atoms with Gasteiger partial charge in [-0.3, -0.25) is 4.79 Å². The Bertz CT molecular complexity index is 3300. The van der Waals surface area contributed by atoms with Crippen molar-refractivity contribution in [2.75, 3.05) is 11.9 Å². The molecule has 0 saturated heterocycles. The lowest BCUT2D eigenvalue weighted by Crippen LogP contribution is -2.10. The van der Waals surface area contributed by atoms with Crippen molar-refractivity contribution in [2.24, 2.45) is 0 Å². The van der Waals surface area contributed by atoms with Crippen molar-refractivity contribution < 1.29 is 4.79 Å². The fourth-order valence-electron chi connectivity index (χ4n) is 9.29. The number of hydrogen-bond donors (Lipinski definition) is 0. The molecule has 61 heavy (non-hydrogen) atoms. The zero-order valence-corrected chi connectivity index (χ0v) is 33.9. The van der Waals surface area contributed by atoms with E-state index in [4.69, 9.17) is 0 Å². The first kappa shape index (κ1) is 37.3. The van der Waals surface area contributed by atoms with E-state index in [0.717, 1.165) is 84.2 Å². The predicted molar refractivity (Wildman–Crippen MR) is 260 cm³/mol. The first-order valence-electron chi connectivity index (χ1n) is 20.6. The molecule has 0 spiro atoms. The van der Waals surface area contributed by atoms with Gasteiger partial charge in [0.25, 0.3) is 0 Å². The summed E-state index contributed by atoms with van der Waals surface area (Å²) < 4.78 is 2.37. The second-order valence-electron chi connectivity index (χ2n) is 15.3. The Morgan fingerprint density at radius 2 is 0.967 bits per heavy atom. The van der Waals surface area contributed by atoms with Crippen LogP contribution >= 0.6 is 0 Å². The van der Waals surface area contributed by atoms with Gasteiger partial charge in [0.05, 0.1) is 11.0 Å². The van der Waals surface area contributed by atoms with Crippen molar-refractivity contribution in [3.63, 3.8) is 0 Å². The quantitative estimate of drug-likeness (QED) is 0.129. The fraction of sp³-hybridized carbons (Fsp3) is 0.0172. The van der Waals surface area contributed by atoms with Crippen LogP contribution in [-0.2, 0) is 0 Å². The molecule has 0 atom stereocenters. The maximum absolute atomic E-state index is 12.0. The maximum atomic E-state index is 12.0. The van der Waals surface area contributed by atoms with E-state index < -0.39 is 0 Å². The number of nitrogens with zero attached hydrogens (tertiary/aromatic N) is 2. The number of benzene rings is 9. The van der Waals surface area contributed by atoms with E-state index in [1.54, 1.807) is 0 Å². The number of carbonyl (C=O) groups is 1. The molecule has 0 N–H and O–H groups in total. The average molecular weight is 783 g/mol. The van der Waals surface area contributed by atoms with Crippen LogP contribution in [0, 0.1) is 0 Å². The van der Waals surface area contributed by atoms with Gasteiger partial charge in [0.2, 0.25) is 0 Å². The van der Waals surface area contributed by atoms with Crippen LogP contribution in [0.1, 0.15) is 21.5 Å². The van der Waals surface area contributed by atoms with Crippen molar-refractivity contribution in [1.29, 1.82) is 0 Å². The minimum Gasteiger partial charge on any atom is -0.344 e. The lowest BCUT2D eigenvalue weighted by atomic mass is 9.83. The Hall–Kier alpha value is -8.01. The largest absolute Gasteiger partial charge is 0.344 e. The molecule has 0 unspecified atom stereocenters. The van der Waals surface area contributed by atoms with Crippen LogP contribution in [0.15, 0.2) is 207 Å². The maximum Gasteiger partial charge on any atom is 0.150 e. The number of hydrogen-bond acceptors (Lipinski definition) is 2. The molecule has 0 amide bonds. The summed E-state index contributed by atoms with van der Waals surface area (Å²) in [5.74, 6) is 0. The van der Waals surface area contributed by atoms with E-state index in [2.05, 4.69) is 187 Å². The predicted octanol–water partition coefficient (Wildman–Crippen LogP) is 15.5. The Balaban J connectivity index is 1.06. The average Bonchev–Trinajstić information content (AvgIpc) is 3.68. The molecule has 10 rings (SSSR count). The summed E-state index contributed by atoms with van der Waals surface area (Å²) in [7, 11) is 2.07. The molecule has 0 radical (unpaired) electrons. The van der Waals surface area contributed by atoms with Gasteiger partial charge >= 0.3 is 0 Å². The van der Waals surface area contributed by atoms with E-state index in [1.165, 1.54) is 27.4 Å². The van der Waals surface area contributed by atoms with E-state index in [1.807, 2.05) is 48.6 Å². The molecular weight excluding hydrogens is 741 g/mol. The van der Waals surface area contributed by atoms with E-state index in [0.29, 0.717) is 5.56 Å². The highest BCUT2D eigenvalue weighted by Gasteiger charge is 2.21. The van der Waals surface area contributed by atoms with Crippen LogP contribution in [0.2, 0.25) is 0 Å². The molecule has 1 aromatic heterocycles. The SMILES string of the molecule is C=Cc1c(C=C)c(-c2ccc(N(C)c3ccccc3-c3ccccc3C=O)cc2)c2ccccc2c1-c1ccc(-c2cccc3c2c2ccccc2n3-c2ccccc2)cc1. The molecule has 0 bridgehead atoms. The van der Waals surface area contributed by atoms with Gasteiger partial charge in [-0.1, -0.05) is 177 Å². The Morgan fingerprint density at radius 3 is 1.62 bits per heavy atom. The monoisotopic (exact) mass is 782 g/mol. The number of anilines is 2. The molecule has 0 saturated carbocycles. The third-order valence-corrected chi connectivity index (χ3v) is 12.1. The van der Waals surface area contributed by atoms with Crippen LogP contribution in [-0.4, -0.2) is 17.9 Å². The molecule has 3 heteroatoms. The summed E-state index contributed by atoms with van der Waals surface area (Å²) in [6, 6.07) is 68.3. The van der Waals surface area contributed by atoms with Crippen molar-refractivity contribution in [1.82, 2.24) is 4.57 Å². The van der Waals surface area contributed by atoms with Gasteiger partial charge in [-0.05, 0) is 103 Å². The third kappa shape index (κ3) is 6.27. The van der Waals surface area contributed by atoms with Gasteiger partial charge in [0.1, 0.15) is 0 Å². The number of carbonyl (C=O) groups excluding carboxylic acids is 1. The molecule has 10 aromatic rings. The van der Waals surface area contributed by atoms with Crippen LogP contribution in [0.5, 0.6) is 0 Å². The van der Waals surface area contributed by atoms with Crippen LogP contribution in [0.4, 0.5) is 11.4 Å². The lowest BCUT2D eigenvalue weighted by Gasteiger charge is -2.24. The fourth-order valence-corrected chi connectivity index (χ4v) is 9.29. The number of aldehydes is 1. The highest BCUT2D eigenvalue weighted by Crippen LogP contribution is 2.45. The Kier molecular flexibility index (Phi) is 9.55. The van der Waals surface area contributed by atoms with Crippen molar-refractivity contribution in [2.45, 2.75) is 0 Å². The van der Waals surface area contributed by atoms with Crippen LogP contribution in [0.3, 0.4) is 0 Å². The lowest BCUT2D eigenvalue weighted by molar-refractivity contribution is 0.112. The van der Waals surface area contributed by atoms with Gasteiger partial charge < -0.3 is 9.47 Å². The topological polar surface area (TPSA) is 25.2 Å². The number of para-hydroxylation sites is 3. The van der Waals surface area contributed by atoms with Gasteiger partial charge in [0, 0.05) is 46.0 Å². The van der Waals surface area contributed by atoms with E-state index in [-0.39, 0.29) is 0 Å².